The Bertz CT molecular complexity index is 697. The van der Waals surface area contributed by atoms with Crippen LogP contribution in [0.15, 0.2) is 24.3 Å². The average Bonchev–Trinajstić information content (AvgIpc) is 2.77. The third-order valence-electron chi connectivity index (χ3n) is 4.23. The summed E-state index contributed by atoms with van der Waals surface area (Å²) in [6.07, 6.45) is 1.92. The summed E-state index contributed by atoms with van der Waals surface area (Å²) in [4.78, 5) is 38.7. The predicted octanol–water partition coefficient (Wildman–Crippen LogP) is 2.68. The molecule has 1 aliphatic rings. The lowest BCUT2D eigenvalue weighted by Crippen LogP contribution is -2.48. The van der Waals surface area contributed by atoms with Crippen LogP contribution in [0.25, 0.3) is 0 Å². The van der Waals surface area contributed by atoms with Gasteiger partial charge in [0.15, 0.2) is 0 Å². The fraction of sp³-hybridized carbons (Fsp3) is 0.526. The van der Waals surface area contributed by atoms with E-state index in [9.17, 15) is 18.8 Å². The van der Waals surface area contributed by atoms with Crippen LogP contribution < -0.4 is 10.6 Å². The second-order valence-corrected chi connectivity index (χ2v) is 7.64. The maximum Gasteiger partial charge on any atom is 0.325 e. The molecule has 0 saturated carbocycles. The minimum atomic E-state index is -1.26. The maximum absolute atomic E-state index is 13.3. The summed E-state index contributed by atoms with van der Waals surface area (Å²) in [6.45, 7) is 7.09. The van der Waals surface area contributed by atoms with Crippen LogP contribution in [0, 0.1) is 5.82 Å². The number of imide groups is 1. The molecule has 1 aromatic carbocycles. The van der Waals surface area contributed by atoms with Crippen molar-refractivity contribution >= 4 is 17.8 Å². The molecule has 0 radical (unpaired) electrons. The summed E-state index contributed by atoms with van der Waals surface area (Å²) >= 11 is 0. The van der Waals surface area contributed by atoms with Gasteiger partial charge in [-0.15, -0.1) is 0 Å². The Balaban J connectivity index is 2.30. The predicted molar refractivity (Wildman–Crippen MR) is 95.7 cm³/mol. The van der Waals surface area contributed by atoms with E-state index >= 15 is 0 Å². The van der Waals surface area contributed by atoms with Crippen LogP contribution in [-0.2, 0) is 15.1 Å². The van der Waals surface area contributed by atoms with Crippen molar-refractivity contribution in [3.05, 3.63) is 35.6 Å². The van der Waals surface area contributed by atoms with Gasteiger partial charge in [-0.05, 0) is 44.9 Å². The van der Waals surface area contributed by atoms with Crippen LogP contribution in [0.1, 0.15) is 52.5 Å². The Morgan fingerprint density at radius 2 is 1.85 bits per heavy atom. The van der Waals surface area contributed by atoms with Crippen molar-refractivity contribution in [3.8, 4) is 0 Å². The smallest absolute Gasteiger partial charge is 0.325 e. The Hall–Kier alpha value is -2.44. The first kappa shape index (κ1) is 19.9. The largest absolute Gasteiger partial charge is 0.350 e. The van der Waals surface area contributed by atoms with Gasteiger partial charge >= 0.3 is 6.03 Å². The zero-order valence-corrected chi connectivity index (χ0v) is 15.7. The molecule has 7 heteroatoms. The van der Waals surface area contributed by atoms with Crippen LogP contribution in [0.2, 0.25) is 0 Å². The highest BCUT2D eigenvalue weighted by Gasteiger charge is 2.52. The van der Waals surface area contributed by atoms with E-state index in [0.717, 1.165) is 11.3 Å². The third kappa shape index (κ3) is 4.20. The molecule has 0 unspecified atom stereocenters. The minimum Gasteiger partial charge on any atom is -0.350 e. The number of carbonyl (C=O) groups excluding carboxylic acids is 3. The molecular formula is C19H26FN3O3. The number of unbranched alkanes of at least 4 members (excludes halogenated alkanes) is 1. The van der Waals surface area contributed by atoms with Crippen LogP contribution in [0.4, 0.5) is 9.18 Å². The van der Waals surface area contributed by atoms with E-state index in [1.54, 1.807) is 0 Å². The quantitative estimate of drug-likeness (QED) is 0.763. The molecule has 0 spiro atoms. The van der Waals surface area contributed by atoms with Crippen molar-refractivity contribution in [2.45, 2.75) is 58.0 Å². The van der Waals surface area contributed by atoms with Gasteiger partial charge in [-0.2, -0.15) is 0 Å². The van der Waals surface area contributed by atoms with Crippen LogP contribution in [0.5, 0.6) is 0 Å². The van der Waals surface area contributed by atoms with Gasteiger partial charge in [-0.3, -0.25) is 14.5 Å². The van der Waals surface area contributed by atoms with Crippen molar-refractivity contribution in [3.63, 3.8) is 0 Å². The summed E-state index contributed by atoms with van der Waals surface area (Å²) in [6, 6.07) is 4.91. The molecule has 26 heavy (non-hydrogen) atoms. The lowest BCUT2D eigenvalue weighted by molar-refractivity contribution is -0.136. The monoisotopic (exact) mass is 363 g/mol. The summed E-state index contributed by atoms with van der Waals surface area (Å²) in [7, 11) is 0. The van der Waals surface area contributed by atoms with Gasteiger partial charge in [0.05, 0.1) is 0 Å². The second-order valence-electron chi connectivity index (χ2n) is 7.64. The number of hydrogen-bond donors (Lipinski definition) is 2. The minimum absolute atomic E-state index is 0.350. The highest BCUT2D eigenvalue weighted by Crippen LogP contribution is 2.34. The molecule has 0 bridgehead atoms. The van der Waals surface area contributed by atoms with Crippen molar-refractivity contribution < 1.29 is 18.8 Å². The second kappa shape index (κ2) is 7.43. The first-order chi connectivity index (χ1) is 12.1. The molecule has 142 valence electrons. The molecule has 1 heterocycles. The molecule has 2 rings (SSSR count). The molecule has 1 fully saturated rings. The van der Waals surface area contributed by atoms with E-state index in [1.807, 2.05) is 27.7 Å². The van der Waals surface area contributed by atoms with Gasteiger partial charge in [-0.25, -0.2) is 9.18 Å². The molecule has 1 aromatic rings. The highest BCUT2D eigenvalue weighted by atomic mass is 19.1. The van der Waals surface area contributed by atoms with Gasteiger partial charge < -0.3 is 10.6 Å². The first-order valence-corrected chi connectivity index (χ1v) is 8.80. The number of rotatable bonds is 6. The highest BCUT2D eigenvalue weighted by molar-refractivity contribution is 6.09. The fourth-order valence-electron chi connectivity index (χ4n) is 3.06. The molecule has 4 amide bonds. The lowest BCUT2D eigenvalue weighted by atomic mass is 9.85. The van der Waals surface area contributed by atoms with E-state index in [4.69, 9.17) is 0 Å². The Morgan fingerprint density at radius 3 is 2.38 bits per heavy atom. The molecule has 0 aliphatic carbocycles. The molecule has 1 saturated heterocycles. The Morgan fingerprint density at radius 1 is 1.23 bits per heavy atom. The van der Waals surface area contributed by atoms with E-state index < -0.39 is 34.7 Å². The summed E-state index contributed by atoms with van der Waals surface area (Å²) < 4.78 is 13.3. The number of amides is 4. The zero-order valence-electron chi connectivity index (χ0n) is 15.7. The van der Waals surface area contributed by atoms with Gasteiger partial charge in [0.25, 0.3) is 5.91 Å². The van der Waals surface area contributed by atoms with Gasteiger partial charge in [0, 0.05) is 5.54 Å². The van der Waals surface area contributed by atoms with E-state index in [-0.39, 0.29) is 6.54 Å². The molecular weight excluding hydrogens is 337 g/mol. The van der Waals surface area contributed by atoms with E-state index in [1.165, 1.54) is 24.3 Å². The number of nitrogens with one attached hydrogen (secondary N) is 2. The van der Waals surface area contributed by atoms with Gasteiger partial charge in [-0.1, -0.05) is 31.9 Å². The number of nitrogens with zero attached hydrogens (tertiary/aromatic N) is 1. The topological polar surface area (TPSA) is 78.5 Å². The molecule has 0 aromatic heterocycles. The van der Waals surface area contributed by atoms with Crippen LogP contribution in [-0.4, -0.2) is 34.8 Å². The normalized spacial score (nSPS) is 20.3. The fourth-order valence-corrected chi connectivity index (χ4v) is 3.06. The Kier molecular flexibility index (Phi) is 5.68. The summed E-state index contributed by atoms with van der Waals surface area (Å²) in [5, 5.41) is 5.48. The SMILES string of the molecule is CCCC[C@@]1(c2ccc(F)cc2)NC(=O)N(CC(=O)NC(C)(C)C)C1=O. The molecule has 6 nitrogen and oxygen atoms in total. The molecule has 1 atom stereocenters. The summed E-state index contributed by atoms with van der Waals surface area (Å²) in [5.74, 6) is -1.31. The number of carbonyl (C=O) groups is 3. The van der Waals surface area contributed by atoms with E-state index in [0.29, 0.717) is 18.4 Å². The first-order valence-electron chi connectivity index (χ1n) is 8.80. The van der Waals surface area contributed by atoms with Crippen LogP contribution in [0.3, 0.4) is 0 Å². The number of hydrogen-bond acceptors (Lipinski definition) is 3. The maximum atomic E-state index is 13.3. The number of benzene rings is 1. The van der Waals surface area contributed by atoms with Crippen molar-refractivity contribution in [1.82, 2.24) is 15.5 Å². The Labute approximate surface area is 153 Å². The zero-order chi connectivity index (χ0) is 19.5. The average molecular weight is 363 g/mol. The van der Waals surface area contributed by atoms with Crippen molar-refractivity contribution in [2.75, 3.05) is 6.54 Å². The number of halogens is 1. The molecule has 2 N–H and O–H groups in total. The standard InChI is InChI=1S/C19H26FN3O3/c1-5-6-11-19(13-7-9-14(20)10-8-13)16(25)23(17(26)22-19)12-15(24)21-18(2,3)4/h7-10H,5-6,11-12H2,1-4H3,(H,21,24)(H,22,26)/t19-/m0/s1. The van der Waals surface area contributed by atoms with Crippen LogP contribution >= 0.6 is 0 Å². The third-order valence-corrected chi connectivity index (χ3v) is 4.23. The van der Waals surface area contributed by atoms with Gasteiger partial charge in [0.2, 0.25) is 5.91 Å². The van der Waals surface area contributed by atoms with E-state index in [2.05, 4.69) is 10.6 Å². The summed E-state index contributed by atoms with van der Waals surface area (Å²) in [5.41, 5.74) is -1.21. The lowest BCUT2D eigenvalue weighted by Gasteiger charge is -2.27. The number of urea groups is 1. The van der Waals surface area contributed by atoms with Crippen molar-refractivity contribution in [2.24, 2.45) is 0 Å². The van der Waals surface area contributed by atoms with Crippen molar-refractivity contribution in [1.29, 1.82) is 0 Å². The van der Waals surface area contributed by atoms with Gasteiger partial charge in [0.1, 0.15) is 17.9 Å². The molecule has 1 aliphatic heterocycles.